The van der Waals surface area contributed by atoms with E-state index >= 15 is 0 Å². The molecule has 2 aromatic heterocycles. The monoisotopic (exact) mass is 355 g/mol. The van der Waals surface area contributed by atoms with Gasteiger partial charge in [0, 0.05) is 11.4 Å². The third kappa shape index (κ3) is 4.73. The van der Waals surface area contributed by atoms with Gasteiger partial charge in [-0.3, -0.25) is 9.48 Å². The highest BCUT2D eigenvalue weighted by atomic mass is 32.1. The van der Waals surface area contributed by atoms with Crippen molar-refractivity contribution in [1.29, 1.82) is 0 Å². The third-order valence-electron chi connectivity index (χ3n) is 3.97. The molecule has 0 aliphatic rings. The number of rotatable bonds is 7. The third-order valence-corrected chi connectivity index (χ3v) is 5.04. The maximum absolute atomic E-state index is 12.6. The van der Waals surface area contributed by atoms with Crippen molar-refractivity contribution in [2.75, 3.05) is 0 Å². The van der Waals surface area contributed by atoms with Gasteiger partial charge in [-0.25, -0.2) is 9.97 Å². The van der Waals surface area contributed by atoms with Gasteiger partial charge in [0.1, 0.15) is 12.7 Å². The smallest absolute Gasteiger partial charge is 0.225 e. The largest absolute Gasteiger partial charge is 0.349 e. The number of amides is 1. The molecule has 3 rings (SSSR count). The van der Waals surface area contributed by atoms with Gasteiger partial charge >= 0.3 is 0 Å². The maximum Gasteiger partial charge on any atom is 0.225 e. The molecular formula is C18H21N5OS. The number of carbonyl (C=O) groups is 1. The second-order valence-corrected chi connectivity index (χ2v) is 7.18. The first-order valence-corrected chi connectivity index (χ1v) is 9.03. The zero-order valence-electron chi connectivity index (χ0n) is 14.3. The molecule has 0 radical (unpaired) electrons. The van der Waals surface area contributed by atoms with Crippen molar-refractivity contribution in [2.45, 2.75) is 39.3 Å². The lowest BCUT2D eigenvalue weighted by Gasteiger charge is -2.19. The molecular weight excluding hydrogens is 334 g/mol. The van der Waals surface area contributed by atoms with E-state index in [4.69, 9.17) is 0 Å². The fraction of sp³-hybridized carbons (Fsp3) is 0.333. The average molecular weight is 355 g/mol. The minimum absolute atomic E-state index is 0.0131. The lowest BCUT2D eigenvalue weighted by molar-refractivity contribution is -0.121. The second kappa shape index (κ2) is 8.02. The molecule has 1 unspecified atom stereocenters. The number of thiazole rings is 1. The van der Waals surface area contributed by atoms with E-state index in [-0.39, 0.29) is 11.9 Å². The second-order valence-electron chi connectivity index (χ2n) is 5.90. The van der Waals surface area contributed by atoms with Crippen molar-refractivity contribution in [3.63, 3.8) is 0 Å². The van der Waals surface area contributed by atoms with Crippen molar-refractivity contribution >= 4 is 17.2 Å². The molecule has 0 bridgehead atoms. The van der Waals surface area contributed by atoms with Gasteiger partial charge in [-0.05, 0) is 25.8 Å². The van der Waals surface area contributed by atoms with Gasteiger partial charge in [0.25, 0.3) is 0 Å². The Balaban J connectivity index is 1.68. The average Bonchev–Trinajstić information content (AvgIpc) is 3.22. The van der Waals surface area contributed by atoms with Crippen LogP contribution in [0.15, 0.2) is 43.0 Å². The lowest BCUT2D eigenvalue weighted by atomic mass is 10.0. The number of hydrogen-bond donors (Lipinski definition) is 1. The van der Waals surface area contributed by atoms with E-state index in [1.807, 2.05) is 44.2 Å². The number of nitrogens with zero attached hydrogens (tertiary/aromatic N) is 4. The summed E-state index contributed by atoms with van der Waals surface area (Å²) in [7, 11) is 0. The summed E-state index contributed by atoms with van der Waals surface area (Å²) in [6.07, 6.45) is 4.32. The summed E-state index contributed by atoms with van der Waals surface area (Å²) < 4.78 is 1.78. The highest BCUT2D eigenvalue weighted by Gasteiger charge is 2.17. The van der Waals surface area contributed by atoms with Gasteiger partial charge in [0.05, 0.1) is 23.2 Å². The Hall–Kier alpha value is -2.54. The Labute approximate surface area is 150 Å². The lowest BCUT2D eigenvalue weighted by Crippen LogP contribution is -2.30. The SMILES string of the molecule is Cc1nc(C)c(CC(=O)NC(CCn2cncn2)c2ccccc2)s1. The Morgan fingerprint density at radius 3 is 2.72 bits per heavy atom. The first-order chi connectivity index (χ1) is 12.1. The van der Waals surface area contributed by atoms with Gasteiger partial charge in [-0.15, -0.1) is 11.3 Å². The Morgan fingerprint density at radius 1 is 1.28 bits per heavy atom. The minimum atomic E-state index is -0.0628. The van der Waals surface area contributed by atoms with Gasteiger partial charge in [0.15, 0.2) is 0 Å². The normalized spacial score (nSPS) is 12.1. The molecule has 0 saturated heterocycles. The van der Waals surface area contributed by atoms with Gasteiger partial charge in [-0.2, -0.15) is 5.10 Å². The maximum atomic E-state index is 12.6. The van der Waals surface area contributed by atoms with Crippen LogP contribution in [-0.2, 0) is 17.8 Å². The highest BCUT2D eigenvalue weighted by molar-refractivity contribution is 7.11. The van der Waals surface area contributed by atoms with E-state index in [0.29, 0.717) is 13.0 Å². The molecule has 6 nitrogen and oxygen atoms in total. The van der Waals surface area contributed by atoms with Crippen molar-refractivity contribution in [3.8, 4) is 0 Å². The van der Waals surface area contributed by atoms with Crippen LogP contribution in [0.3, 0.4) is 0 Å². The minimum Gasteiger partial charge on any atom is -0.349 e. The van der Waals surface area contributed by atoms with E-state index in [9.17, 15) is 4.79 Å². The molecule has 130 valence electrons. The van der Waals surface area contributed by atoms with Crippen molar-refractivity contribution < 1.29 is 4.79 Å². The summed E-state index contributed by atoms with van der Waals surface area (Å²) in [6, 6.07) is 9.96. The number of carbonyl (C=O) groups excluding carboxylic acids is 1. The standard InChI is InChI=1S/C18H21N5OS/c1-13-17(25-14(2)21-13)10-18(24)22-16(15-6-4-3-5-7-15)8-9-23-12-19-11-20-23/h3-7,11-12,16H,8-10H2,1-2H3,(H,22,24). The Kier molecular flexibility index (Phi) is 5.55. The molecule has 25 heavy (non-hydrogen) atoms. The van der Waals surface area contributed by atoms with E-state index in [1.165, 1.54) is 6.33 Å². The molecule has 1 aromatic carbocycles. The predicted molar refractivity (Wildman–Crippen MR) is 97.3 cm³/mol. The summed E-state index contributed by atoms with van der Waals surface area (Å²) in [4.78, 5) is 21.9. The van der Waals surface area contributed by atoms with Gasteiger partial charge in [0.2, 0.25) is 5.91 Å². The first-order valence-electron chi connectivity index (χ1n) is 8.21. The summed E-state index contributed by atoms with van der Waals surface area (Å²) in [5, 5.41) is 8.28. The topological polar surface area (TPSA) is 72.7 Å². The van der Waals surface area contributed by atoms with Crippen LogP contribution in [0.4, 0.5) is 0 Å². The summed E-state index contributed by atoms with van der Waals surface area (Å²) in [5.74, 6) is 0.0131. The van der Waals surface area contributed by atoms with Crippen LogP contribution >= 0.6 is 11.3 Å². The van der Waals surface area contributed by atoms with Crippen LogP contribution in [0, 0.1) is 13.8 Å². The first kappa shape index (κ1) is 17.3. The van der Waals surface area contributed by atoms with Gasteiger partial charge < -0.3 is 5.32 Å². The number of aromatic nitrogens is 4. The Morgan fingerprint density at radius 2 is 2.08 bits per heavy atom. The van der Waals surface area contributed by atoms with Crippen LogP contribution in [0.1, 0.15) is 33.6 Å². The summed E-state index contributed by atoms with van der Waals surface area (Å²) in [6.45, 7) is 4.61. The number of aryl methyl sites for hydroxylation is 3. The van der Waals surface area contributed by atoms with E-state index in [0.717, 1.165) is 27.6 Å². The zero-order valence-corrected chi connectivity index (χ0v) is 15.2. The molecule has 1 N–H and O–H groups in total. The van der Waals surface area contributed by atoms with Crippen LogP contribution in [0.5, 0.6) is 0 Å². The molecule has 1 atom stereocenters. The Bertz CT molecular complexity index is 813. The number of nitrogens with one attached hydrogen (secondary N) is 1. The molecule has 0 aliphatic heterocycles. The molecule has 3 aromatic rings. The van der Waals surface area contributed by atoms with Crippen LogP contribution in [0.2, 0.25) is 0 Å². The van der Waals surface area contributed by atoms with Crippen LogP contribution < -0.4 is 5.32 Å². The highest BCUT2D eigenvalue weighted by Crippen LogP contribution is 2.20. The molecule has 1 amide bonds. The van der Waals surface area contributed by atoms with Gasteiger partial charge in [-0.1, -0.05) is 30.3 Å². The number of benzene rings is 1. The molecule has 0 aliphatic carbocycles. The molecule has 0 spiro atoms. The van der Waals surface area contributed by atoms with Crippen LogP contribution in [-0.4, -0.2) is 25.7 Å². The summed E-state index contributed by atoms with van der Waals surface area (Å²) >= 11 is 1.58. The molecule has 7 heteroatoms. The quantitative estimate of drug-likeness (QED) is 0.707. The molecule has 0 fully saturated rings. The van der Waals surface area contributed by atoms with Crippen molar-refractivity contribution in [3.05, 3.63) is 64.1 Å². The molecule has 0 saturated carbocycles. The number of hydrogen-bond acceptors (Lipinski definition) is 5. The van der Waals surface area contributed by atoms with E-state index in [1.54, 1.807) is 22.3 Å². The molecule has 2 heterocycles. The fourth-order valence-electron chi connectivity index (χ4n) is 2.75. The van der Waals surface area contributed by atoms with E-state index < -0.39 is 0 Å². The van der Waals surface area contributed by atoms with Crippen molar-refractivity contribution in [2.24, 2.45) is 0 Å². The zero-order chi connectivity index (χ0) is 17.6. The fourth-order valence-corrected chi connectivity index (χ4v) is 3.68. The van der Waals surface area contributed by atoms with E-state index in [2.05, 4.69) is 20.4 Å². The van der Waals surface area contributed by atoms with Crippen molar-refractivity contribution in [1.82, 2.24) is 25.1 Å². The summed E-state index contributed by atoms with van der Waals surface area (Å²) in [5.41, 5.74) is 2.03. The van der Waals surface area contributed by atoms with Crippen LogP contribution in [0.25, 0.3) is 0 Å². The predicted octanol–water partition coefficient (Wildman–Crippen LogP) is 2.84.